The third kappa shape index (κ3) is 5.06. The smallest absolute Gasteiger partial charge is 0.358 e. The van der Waals surface area contributed by atoms with E-state index in [-0.39, 0.29) is 22.3 Å². The maximum Gasteiger partial charge on any atom is 0.417 e. The molecule has 0 saturated carbocycles. The summed E-state index contributed by atoms with van der Waals surface area (Å²) in [5, 5.41) is 5.20. The Morgan fingerprint density at radius 2 is 1.82 bits per heavy atom. The molecule has 3 heterocycles. The summed E-state index contributed by atoms with van der Waals surface area (Å²) >= 11 is 0. The highest BCUT2D eigenvalue weighted by atomic mass is 19.4. The van der Waals surface area contributed by atoms with Crippen molar-refractivity contribution in [3.05, 3.63) is 53.9 Å². The van der Waals surface area contributed by atoms with Crippen molar-refractivity contribution in [2.24, 2.45) is 0 Å². The molecule has 1 aromatic carbocycles. The second-order valence-corrected chi connectivity index (χ2v) is 7.63. The summed E-state index contributed by atoms with van der Waals surface area (Å²) in [5.41, 5.74) is -4.53. The number of halogens is 6. The molecule has 6 nitrogen and oxygen atoms in total. The molecule has 2 N–H and O–H groups in total. The van der Waals surface area contributed by atoms with Crippen molar-refractivity contribution in [3.63, 3.8) is 0 Å². The molecule has 12 heteroatoms. The van der Waals surface area contributed by atoms with Crippen LogP contribution in [0.25, 0.3) is 22.0 Å². The molecule has 1 aliphatic rings. The van der Waals surface area contributed by atoms with Gasteiger partial charge in [-0.3, -0.25) is 10.3 Å². The third-order valence-electron chi connectivity index (χ3n) is 5.26. The largest absolute Gasteiger partial charge is 0.417 e. The molecule has 0 radical (unpaired) electrons. The summed E-state index contributed by atoms with van der Waals surface area (Å²) in [6.45, 7) is 0.441. The number of urea groups is 1. The molecule has 1 saturated heterocycles. The predicted octanol–water partition coefficient (Wildman–Crippen LogP) is 5.98. The molecule has 4 rings (SSSR count). The van der Waals surface area contributed by atoms with E-state index in [0.29, 0.717) is 19.1 Å². The summed E-state index contributed by atoms with van der Waals surface area (Å²) < 4.78 is 87.5. The lowest BCUT2D eigenvalue weighted by molar-refractivity contribution is -0.161. The molecule has 1 unspecified atom stereocenters. The average molecular weight is 484 g/mol. The van der Waals surface area contributed by atoms with Crippen LogP contribution in [0.1, 0.15) is 30.4 Å². The first-order valence-corrected chi connectivity index (χ1v) is 10.3. The number of nitrogens with one attached hydrogen (secondary N) is 2. The van der Waals surface area contributed by atoms with Crippen molar-refractivity contribution in [2.45, 2.75) is 37.8 Å². The first-order chi connectivity index (χ1) is 16.0. The van der Waals surface area contributed by atoms with Gasteiger partial charge in [-0.05, 0) is 43.0 Å². The fraction of sp³-hybridized carbons (Fsp3) is 0.318. The van der Waals surface area contributed by atoms with Crippen molar-refractivity contribution in [1.82, 2.24) is 15.3 Å². The van der Waals surface area contributed by atoms with Gasteiger partial charge in [-0.25, -0.2) is 9.78 Å². The number of rotatable bonds is 3. The molecule has 1 fully saturated rings. The Balaban J connectivity index is 1.84. The van der Waals surface area contributed by atoms with Crippen LogP contribution in [0.2, 0.25) is 0 Å². The second kappa shape index (κ2) is 9.09. The second-order valence-electron chi connectivity index (χ2n) is 7.63. The Bertz CT molecular complexity index is 1210. The van der Waals surface area contributed by atoms with Crippen LogP contribution in [0.3, 0.4) is 0 Å². The van der Waals surface area contributed by atoms with E-state index in [1.54, 1.807) is 0 Å². The first kappa shape index (κ1) is 23.7. The monoisotopic (exact) mass is 484 g/mol. The zero-order valence-corrected chi connectivity index (χ0v) is 17.4. The molecule has 0 spiro atoms. The van der Waals surface area contributed by atoms with Gasteiger partial charge >= 0.3 is 18.4 Å². The Kier molecular flexibility index (Phi) is 6.34. The lowest BCUT2D eigenvalue weighted by Crippen LogP contribution is -2.41. The van der Waals surface area contributed by atoms with Crippen molar-refractivity contribution in [1.29, 1.82) is 0 Å². The summed E-state index contributed by atoms with van der Waals surface area (Å²) in [6, 6.07) is 4.01. The molecule has 0 bridgehead atoms. The number of carbonyl (C=O) groups is 1. The molecule has 3 aromatic rings. The quantitative estimate of drug-likeness (QED) is 0.449. The number of pyridine rings is 2. The number of benzene rings is 1. The number of alkyl halides is 6. The summed E-state index contributed by atoms with van der Waals surface area (Å²) in [6.07, 6.45) is -6.29. The maximum atomic E-state index is 13.9. The van der Waals surface area contributed by atoms with Crippen LogP contribution in [0.15, 0.2) is 42.7 Å². The van der Waals surface area contributed by atoms with E-state index in [1.165, 1.54) is 24.5 Å². The molecule has 2 amide bonds. The summed E-state index contributed by atoms with van der Waals surface area (Å²) in [4.78, 5) is 20.6. The predicted molar refractivity (Wildman–Crippen MR) is 111 cm³/mol. The number of ether oxygens (including phenoxy) is 1. The van der Waals surface area contributed by atoms with Crippen LogP contribution in [0, 0.1) is 0 Å². The lowest BCUT2D eigenvalue weighted by Gasteiger charge is -2.24. The number of carbonyl (C=O) groups excluding carboxylic acids is 1. The van der Waals surface area contributed by atoms with Crippen LogP contribution in [-0.4, -0.2) is 28.8 Å². The Hall–Kier alpha value is -3.41. The van der Waals surface area contributed by atoms with Crippen LogP contribution in [0.4, 0.5) is 37.0 Å². The van der Waals surface area contributed by atoms with Crippen LogP contribution in [0.5, 0.6) is 0 Å². The molecule has 180 valence electrons. The highest BCUT2D eigenvalue weighted by molar-refractivity contribution is 5.97. The SMILES string of the molecule is O=C(Nc1nc2ccncc2cc1-c1cccc(C(F)(F)F)c1C(F)(F)F)NC1CCCCO1. The topological polar surface area (TPSA) is 76.1 Å². The van der Waals surface area contributed by atoms with Gasteiger partial charge in [0.05, 0.1) is 16.6 Å². The summed E-state index contributed by atoms with van der Waals surface area (Å²) in [7, 11) is 0. The minimum atomic E-state index is -5.33. The summed E-state index contributed by atoms with van der Waals surface area (Å²) in [5.74, 6) is -0.336. The molecule has 2 aromatic heterocycles. The van der Waals surface area contributed by atoms with Crippen LogP contribution < -0.4 is 10.6 Å². The van der Waals surface area contributed by atoms with Crippen molar-refractivity contribution in [2.75, 3.05) is 11.9 Å². The number of nitrogens with zero attached hydrogens (tertiary/aromatic N) is 2. The number of amides is 2. The van der Waals surface area contributed by atoms with Gasteiger partial charge in [0, 0.05) is 30.0 Å². The zero-order valence-electron chi connectivity index (χ0n) is 17.4. The van der Waals surface area contributed by atoms with Gasteiger partial charge < -0.3 is 10.1 Å². The van der Waals surface area contributed by atoms with Crippen LogP contribution >= 0.6 is 0 Å². The highest BCUT2D eigenvalue weighted by Gasteiger charge is 2.45. The Morgan fingerprint density at radius 3 is 2.50 bits per heavy atom. The molecule has 1 aliphatic heterocycles. The van der Waals surface area contributed by atoms with Crippen molar-refractivity contribution >= 4 is 22.8 Å². The number of hydrogen-bond donors (Lipinski definition) is 2. The van der Waals surface area contributed by atoms with E-state index >= 15 is 0 Å². The minimum Gasteiger partial charge on any atom is -0.358 e. The number of fused-ring (bicyclic) bond motifs is 1. The third-order valence-corrected chi connectivity index (χ3v) is 5.26. The number of hydrogen-bond acceptors (Lipinski definition) is 4. The van der Waals surface area contributed by atoms with E-state index in [0.717, 1.165) is 25.0 Å². The Morgan fingerprint density at radius 1 is 1.03 bits per heavy atom. The van der Waals surface area contributed by atoms with Gasteiger partial charge in [-0.15, -0.1) is 0 Å². The van der Waals surface area contributed by atoms with E-state index in [9.17, 15) is 31.1 Å². The molecule has 1 atom stereocenters. The van der Waals surface area contributed by atoms with E-state index < -0.39 is 41.3 Å². The normalized spacial score (nSPS) is 16.9. The molecule has 0 aliphatic carbocycles. The fourth-order valence-electron chi connectivity index (χ4n) is 3.78. The Labute approximate surface area is 189 Å². The van der Waals surface area contributed by atoms with E-state index in [1.807, 2.05) is 0 Å². The average Bonchev–Trinajstić information content (AvgIpc) is 2.77. The molecular formula is C22H18F6N4O2. The van der Waals surface area contributed by atoms with E-state index in [4.69, 9.17) is 4.74 Å². The fourth-order valence-corrected chi connectivity index (χ4v) is 3.78. The van der Waals surface area contributed by atoms with Crippen molar-refractivity contribution in [3.8, 4) is 11.1 Å². The maximum absolute atomic E-state index is 13.9. The zero-order chi connectivity index (χ0) is 24.5. The van der Waals surface area contributed by atoms with Gasteiger partial charge in [-0.2, -0.15) is 26.3 Å². The van der Waals surface area contributed by atoms with Gasteiger partial charge in [0.2, 0.25) is 0 Å². The minimum absolute atomic E-state index is 0.281. The highest BCUT2D eigenvalue weighted by Crippen LogP contribution is 2.46. The number of aromatic nitrogens is 2. The molecule has 34 heavy (non-hydrogen) atoms. The lowest BCUT2D eigenvalue weighted by atomic mass is 9.94. The van der Waals surface area contributed by atoms with Crippen LogP contribution in [-0.2, 0) is 17.1 Å². The van der Waals surface area contributed by atoms with Gasteiger partial charge in [-0.1, -0.05) is 12.1 Å². The first-order valence-electron chi connectivity index (χ1n) is 10.3. The standard InChI is InChI=1S/C22H18F6N4O2/c23-21(24,25)15-5-3-4-13(18(15)22(26,27)28)14-10-12-11-29-8-7-16(12)30-19(14)32-20(33)31-17-6-1-2-9-34-17/h3-5,7-8,10-11,17H,1-2,6,9H2,(H2,30,31,32,33). The van der Waals surface area contributed by atoms with Crippen molar-refractivity contribution < 1.29 is 35.9 Å². The van der Waals surface area contributed by atoms with Gasteiger partial charge in [0.25, 0.3) is 0 Å². The number of anilines is 1. The van der Waals surface area contributed by atoms with Gasteiger partial charge in [0.1, 0.15) is 12.0 Å². The molecular weight excluding hydrogens is 466 g/mol. The van der Waals surface area contributed by atoms with Gasteiger partial charge in [0.15, 0.2) is 0 Å². The van der Waals surface area contributed by atoms with E-state index in [2.05, 4.69) is 20.6 Å².